The number of amides is 1. The second kappa shape index (κ2) is 37.4. The van der Waals surface area contributed by atoms with Crippen molar-refractivity contribution in [2.45, 2.75) is 61.0 Å². The van der Waals surface area contributed by atoms with E-state index in [1.165, 1.54) is 38.9 Å². The number of rotatable bonds is 15. The molecule has 0 radical (unpaired) electrons. The van der Waals surface area contributed by atoms with Crippen LogP contribution in [0.1, 0.15) is 96.8 Å². The van der Waals surface area contributed by atoms with Gasteiger partial charge in [0.25, 0.3) is 5.88 Å². The minimum atomic E-state index is -1.21. The molecule has 4 N–H and O–H groups in total. The molecule has 6 aromatic rings. The molecule has 0 spiro atoms. The minimum absolute atomic E-state index is 0.00157. The van der Waals surface area contributed by atoms with Crippen LogP contribution in [-0.2, 0) is 18.9 Å². The van der Waals surface area contributed by atoms with E-state index in [1.54, 1.807) is 55.4 Å². The van der Waals surface area contributed by atoms with Crippen LogP contribution in [0.25, 0.3) is 0 Å². The number of carbonyl (C=O) groups is 5. The lowest BCUT2D eigenvalue weighted by Gasteiger charge is -2.19. The van der Waals surface area contributed by atoms with Crippen LogP contribution < -0.4 is 34.7 Å². The summed E-state index contributed by atoms with van der Waals surface area (Å²) in [5.74, 6) is -8.09. The van der Waals surface area contributed by atoms with Gasteiger partial charge < -0.3 is 53.5 Å². The number of pyridine rings is 6. The van der Waals surface area contributed by atoms with Gasteiger partial charge in [0.1, 0.15) is 21.5 Å². The number of aromatic nitrogens is 6. The summed E-state index contributed by atoms with van der Waals surface area (Å²) in [5.41, 5.74) is 4.76. The van der Waals surface area contributed by atoms with Crippen LogP contribution >= 0.6 is 34.8 Å². The topological polar surface area (TPSA) is 304 Å². The Morgan fingerprint density at radius 1 is 0.500 bits per heavy atom. The van der Waals surface area contributed by atoms with Crippen molar-refractivity contribution in [3.63, 3.8) is 0 Å². The number of nitrogens with one attached hydrogen (secondary N) is 1. The van der Waals surface area contributed by atoms with E-state index in [1.807, 2.05) is 0 Å². The Bertz CT molecular complexity index is 3160. The van der Waals surface area contributed by atoms with Gasteiger partial charge in [-0.25, -0.2) is 75.2 Å². The average Bonchev–Trinajstić information content (AvgIpc) is 3.47. The fourth-order valence-electron chi connectivity index (χ4n) is 5.16. The maximum absolute atomic E-state index is 13.4. The highest BCUT2D eigenvalue weighted by atomic mass is 35.5. The molecule has 84 heavy (non-hydrogen) atoms. The number of hydrogen-bond donors (Lipinski definition) is 3. The van der Waals surface area contributed by atoms with Gasteiger partial charge in [-0.2, -0.15) is 4.98 Å². The number of methoxy groups -OCH3 is 3. The van der Waals surface area contributed by atoms with Crippen molar-refractivity contribution in [2.75, 3.05) is 65.4 Å². The summed E-state index contributed by atoms with van der Waals surface area (Å²) in [6, 6.07) is 6.03. The highest BCUT2D eigenvalue weighted by molar-refractivity contribution is 6.34. The number of anilines is 2. The highest BCUT2D eigenvalue weighted by Crippen LogP contribution is 2.24. The first kappa shape index (κ1) is 73.3. The lowest BCUT2D eigenvalue weighted by molar-refractivity contribution is 0.0590. The molecule has 6 heterocycles. The van der Waals surface area contributed by atoms with Gasteiger partial charge in [0.15, 0.2) is 40.1 Å². The normalized spacial score (nSPS) is 10.0. The van der Waals surface area contributed by atoms with Crippen molar-refractivity contribution < 1.29 is 98.1 Å². The first-order valence-corrected chi connectivity index (χ1v) is 25.1. The maximum Gasteiger partial charge on any atom is 0.412 e. The van der Waals surface area contributed by atoms with E-state index in [-0.39, 0.29) is 86.0 Å². The van der Waals surface area contributed by atoms with Gasteiger partial charge in [-0.3, -0.25) is 5.32 Å². The number of hydrogen-bond acceptors (Lipinski definition) is 21. The van der Waals surface area contributed by atoms with Crippen LogP contribution in [0.5, 0.6) is 29.4 Å². The van der Waals surface area contributed by atoms with Gasteiger partial charge in [0, 0.05) is 24.5 Å². The number of carboxylic acids is 1. The molecular weight excluding hydrogens is 1200 g/mol. The largest absolute Gasteiger partial charge is 0.478 e. The van der Waals surface area contributed by atoms with Crippen LogP contribution in [-0.4, -0.2) is 125 Å². The summed E-state index contributed by atoms with van der Waals surface area (Å²) in [4.78, 5) is 76.4. The van der Waals surface area contributed by atoms with Crippen molar-refractivity contribution in [1.82, 2.24) is 29.9 Å². The van der Waals surface area contributed by atoms with Gasteiger partial charge in [0.05, 0.1) is 94.8 Å². The summed E-state index contributed by atoms with van der Waals surface area (Å²) in [6.45, 7) is 15.4. The molecule has 0 aliphatic heterocycles. The molecule has 0 bridgehead atoms. The Morgan fingerprint density at radius 2 is 0.869 bits per heavy atom. The predicted octanol–water partition coefficient (Wildman–Crippen LogP) is 11.3. The summed E-state index contributed by atoms with van der Waals surface area (Å²) in [6.07, 6.45) is 4.26. The molecule has 6 aromatic heterocycles. The molecule has 0 atom stereocenters. The Morgan fingerprint density at radius 3 is 1.27 bits per heavy atom. The molecule has 0 unspecified atom stereocenters. The number of carboxylic acid groups (broad SMARTS) is 1. The number of nitrogen functional groups attached to an aromatic ring is 1. The number of esters is 3. The Labute approximate surface area is 492 Å². The molecule has 1 amide bonds. The Kier molecular flexibility index (Phi) is 32.7. The van der Waals surface area contributed by atoms with Gasteiger partial charge >= 0.3 is 30.0 Å². The van der Waals surface area contributed by atoms with Crippen LogP contribution in [0.3, 0.4) is 0 Å². The van der Waals surface area contributed by atoms with Crippen molar-refractivity contribution in [1.29, 1.82) is 0 Å². The molecule has 32 heteroatoms. The summed E-state index contributed by atoms with van der Waals surface area (Å²) < 4.78 is 121. The van der Waals surface area contributed by atoms with Gasteiger partial charge in [-0.1, -0.05) is 34.8 Å². The van der Waals surface area contributed by atoms with Gasteiger partial charge in [-0.05, 0) is 79.7 Å². The standard InChI is InChI=1S/C12H17FN2O3.C9H9ClFNO3.C9H10FNO3.C8H8FNO3.C7H4Cl2FNO2.C7H9FN2O/c1-5-17-10-9(13)6-8(7-14-10)15-11(16)18-12(2,3)4;1-3-15-8-6(11)4-5(7(10)12-8)9(13)14-2;1-3-14-8-7(10)4-6(5-11-8)9(12)13-2;1-2-13-7-6(9)3-5(4-10-7)8(11)12;1-13-7(12)3-2-4(10)6(9)11-5(3)8;1-2-11-7-6(8)3-5(9)4-10-7/h6-7H,5H2,1-4H3,(H,15,16);4H,3H2,1-2H3;4-5H,3H2,1-2H3;3-4H,2H2,1H3,(H,11,12);2H,1H3;3-4H,2,9H2,1H3. The van der Waals surface area contributed by atoms with E-state index in [0.29, 0.717) is 25.5 Å². The van der Waals surface area contributed by atoms with E-state index in [4.69, 9.17) is 74.1 Å². The third-order valence-corrected chi connectivity index (χ3v) is 9.41. The minimum Gasteiger partial charge on any atom is -0.478 e. The molecule has 0 aromatic carbocycles. The Hall–Kier alpha value is -8.70. The monoisotopic (exact) mass is 1250 g/mol. The average molecular weight is 1250 g/mol. The highest BCUT2D eigenvalue weighted by Gasteiger charge is 2.20. The van der Waals surface area contributed by atoms with Crippen LogP contribution in [0, 0.1) is 34.9 Å². The molecule has 6 rings (SSSR count). The van der Waals surface area contributed by atoms with Crippen LogP contribution in [0.2, 0.25) is 15.5 Å². The lowest BCUT2D eigenvalue weighted by Crippen LogP contribution is -2.27. The third-order valence-electron chi connectivity index (χ3n) is 8.56. The molecule has 0 aliphatic carbocycles. The van der Waals surface area contributed by atoms with E-state index in [0.717, 1.165) is 43.6 Å². The number of aromatic carboxylic acids is 1. The van der Waals surface area contributed by atoms with E-state index in [9.17, 15) is 50.3 Å². The third kappa shape index (κ3) is 26.0. The first-order chi connectivity index (χ1) is 39.5. The zero-order valence-corrected chi connectivity index (χ0v) is 48.9. The molecule has 0 aliphatic rings. The Balaban J connectivity index is 0.000000507. The molecular formula is C52H57Cl3F6N8O15. The van der Waals surface area contributed by atoms with Crippen LogP contribution in [0.15, 0.2) is 61.2 Å². The number of ether oxygens (including phenoxy) is 9. The van der Waals surface area contributed by atoms with E-state index < -0.39 is 70.5 Å². The first-order valence-electron chi connectivity index (χ1n) is 23.9. The number of carbonyl (C=O) groups excluding carboxylic acids is 4. The predicted molar refractivity (Wildman–Crippen MR) is 291 cm³/mol. The van der Waals surface area contributed by atoms with E-state index >= 15 is 0 Å². The lowest BCUT2D eigenvalue weighted by atomic mass is 10.2. The van der Waals surface area contributed by atoms with Crippen LogP contribution in [0.4, 0.5) is 42.5 Å². The molecule has 23 nitrogen and oxygen atoms in total. The van der Waals surface area contributed by atoms with Gasteiger partial charge in [-0.15, -0.1) is 0 Å². The molecule has 0 saturated carbocycles. The molecule has 0 saturated heterocycles. The fourth-order valence-corrected chi connectivity index (χ4v) is 5.77. The maximum atomic E-state index is 13.4. The summed E-state index contributed by atoms with van der Waals surface area (Å²) in [5, 5.41) is 10.2. The van der Waals surface area contributed by atoms with Crippen molar-refractivity contribution in [2.24, 2.45) is 0 Å². The van der Waals surface area contributed by atoms with Crippen molar-refractivity contribution >= 4 is 76.1 Å². The SMILES string of the molecule is CCOc1nc(Cl)c(C(=O)OC)cc1F.CCOc1ncc(C(=O)O)cc1F.CCOc1ncc(C(=O)OC)cc1F.CCOc1ncc(N)cc1F.CCOc1ncc(NC(=O)OC(C)(C)C)cc1F.COC(=O)c1cc(F)c(Cl)nc1Cl. The quantitative estimate of drug-likeness (QED) is 0.0372. The summed E-state index contributed by atoms with van der Waals surface area (Å²) in [7, 11) is 3.55. The number of nitrogens with two attached hydrogens (primary N) is 1. The zero-order chi connectivity index (χ0) is 63.9. The van der Waals surface area contributed by atoms with E-state index in [2.05, 4.69) is 49.4 Å². The molecule has 0 fully saturated rings. The second-order valence-electron chi connectivity index (χ2n) is 15.9. The number of halogens is 9. The summed E-state index contributed by atoms with van der Waals surface area (Å²) >= 11 is 16.5. The number of nitrogens with zero attached hydrogens (tertiary/aromatic N) is 6. The second-order valence-corrected chi connectivity index (χ2v) is 16.9. The van der Waals surface area contributed by atoms with Gasteiger partial charge in [0.2, 0.25) is 23.5 Å². The zero-order valence-electron chi connectivity index (χ0n) is 46.6. The van der Waals surface area contributed by atoms with Crippen molar-refractivity contribution in [3.05, 3.63) is 134 Å². The fraction of sp³-hybridized carbons (Fsp3) is 0.327. The van der Waals surface area contributed by atoms with Crippen molar-refractivity contribution in [3.8, 4) is 29.4 Å². The molecule has 458 valence electrons. The smallest absolute Gasteiger partial charge is 0.412 e.